The van der Waals surface area contributed by atoms with Crippen LogP contribution in [0.15, 0.2) is 42.5 Å². The smallest absolute Gasteiger partial charge is 0.244 e. The fraction of sp³-hybridized carbons (Fsp3) is 0.133. The zero-order chi connectivity index (χ0) is 14.7. The van der Waals surface area contributed by atoms with Gasteiger partial charge in [-0.05, 0) is 25.1 Å². The van der Waals surface area contributed by atoms with Crippen molar-refractivity contribution < 1.29 is 13.6 Å². The highest BCUT2D eigenvalue weighted by molar-refractivity contribution is 5.84. The molecule has 0 aliphatic heterocycles. The number of benzene rings is 2. The van der Waals surface area contributed by atoms with Crippen LogP contribution in [0.2, 0.25) is 0 Å². The van der Waals surface area contributed by atoms with Gasteiger partial charge in [-0.2, -0.15) is 0 Å². The summed E-state index contributed by atoms with van der Waals surface area (Å²) in [6.45, 7) is 1.77. The van der Waals surface area contributed by atoms with E-state index in [0.29, 0.717) is 0 Å². The highest BCUT2D eigenvalue weighted by Gasteiger charge is 2.22. The molecule has 1 unspecified atom stereocenters. The number of para-hydroxylation sites is 1. The number of carbonyl (C=O) groups is 1. The molecule has 3 nitrogen and oxygen atoms in total. The van der Waals surface area contributed by atoms with Gasteiger partial charge in [0, 0.05) is 5.56 Å². The number of nitrogens with one attached hydrogen (secondary N) is 1. The van der Waals surface area contributed by atoms with Gasteiger partial charge in [-0.1, -0.05) is 29.8 Å². The lowest BCUT2D eigenvalue weighted by Crippen LogP contribution is -2.29. The molecule has 0 bridgehead atoms. The van der Waals surface area contributed by atoms with E-state index in [1.165, 1.54) is 30.3 Å². The van der Waals surface area contributed by atoms with E-state index in [1.54, 1.807) is 19.1 Å². The number of aryl methyl sites for hydroxylation is 1. The average Bonchev–Trinajstić information content (AvgIpc) is 2.40. The zero-order valence-electron chi connectivity index (χ0n) is 10.9. The zero-order valence-corrected chi connectivity index (χ0v) is 10.9. The molecule has 0 saturated carbocycles. The van der Waals surface area contributed by atoms with Crippen molar-refractivity contribution >= 4 is 11.6 Å². The summed E-state index contributed by atoms with van der Waals surface area (Å²) in [5, 5.41) is 2.64. The highest BCUT2D eigenvalue weighted by Crippen LogP contribution is 2.24. The second kappa shape index (κ2) is 5.69. The molecule has 1 atom stereocenters. The summed E-state index contributed by atoms with van der Waals surface area (Å²) in [5.74, 6) is -1.88. The van der Waals surface area contributed by atoms with E-state index < -0.39 is 23.6 Å². The number of rotatable bonds is 4. The maximum absolute atomic E-state index is 13.8. The molecule has 1 amide bonds. The van der Waals surface area contributed by atoms with Gasteiger partial charge in [0.25, 0.3) is 0 Å². The van der Waals surface area contributed by atoms with Crippen molar-refractivity contribution in [3.8, 4) is 0 Å². The van der Waals surface area contributed by atoms with Gasteiger partial charge in [0.15, 0.2) is 0 Å². The molecule has 5 heteroatoms. The van der Waals surface area contributed by atoms with Crippen LogP contribution in [-0.2, 0) is 4.79 Å². The van der Waals surface area contributed by atoms with Crippen LogP contribution in [-0.4, -0.2) is 5.91 Å². The van der Waals surface area contributed by atoms with Crippen molar-refractivity contribution in [2.45, 2.75) is 13.0 Å². The number of carbonyl (C=O) groups excluding carboxylic acids is 1. The molecule has 0 saturated heterocycles. The van der Waals surface area contributed by atoms with E-state index >= 15 is 0 Å². The molecule has 2 rings (SSSR count). The van der Waals surface area contributed by atoms with Gasteiger partial charge in [-0.3, -0.25) is 4.79 Å². The molecule has 3 N–H and O–H groups in total. The molecule has 2 aromatic carbocycles. The summed E-state index contributed by atoms with van der Waals surface area (Å²) in [4.78, 5) is 11.5. The van der Waals surface area contributed by atoms with Crippen LogP contribution in [0.25, 0.3) is 0 Å². The number of hydrogen-bond acceptors (Lipinski definition) is 2. The Bertz CT molecular complexity index is 644. The third-order valence-corrected chi connectivity index (χ3v) is 2.92. The van der Waals surface area contributed by atoms with Gasteiger partial charge in [0.2, 0.25) is 5.91 Å². The fourth-order valence-corrected chi connectivity index (χ4v) is 1.92. The third kappa shape index (κ3) is 2.93. The van der Waals surface area contributed by atoms with Gasteiger partial charge in [-0.15, -0.1) is 0 Å². The first-order valence-corrected chi connectivity index (χ1v) is 6.05. The molecule has 20 heavy (non-hydrogen) atoms. The maximum Gasteiger partial charge on any atom is 0.244 e. The van der Waals surface area contributed by atoms with E-state index in [-0.39, 0.29) is 11.3 Å². The minimum atomic E-state index is -1.13. The topological polar surface area (TPSA) is 55.1 Å². The van der Waals surface area contributed by atoms with Crippen molar-refractivity contribution in [2.24, 2.45) is 5.73 Å². The van der Waals surface area contributed by atoms with Gasteiger partial charge in [0.05, 0.1) is 5.69 Å². The summed E-state index contributed by atoms with van der Waals surface area (Å²) in [7, 11) is 0. The van der Waals surface area contributed by atoms with Gasteiger partial charge in [0.1, 0.15) is 17.7 Å². The SMILES string of the molecule is Cc1ccc(F)c(C(Nc2ccccc2F)C(N)=O)c1. The number of halogens is 2. The van der Waals surface area contributed by atoms with Gasteiger partial charge < -0.3 is 11.1 Å². The van der Waals surface area contributed by atoms with E-state index in [1.807, 2.05) is 0 Å². The molecular weight excluding hydrogens is 262 g/mol. The standard InChI is InChI=1S/C15H14F2N2O/c1-9-6-7-11(16)10(8-9)14(15(18)20)19-13-5-3-2-4-12(13)17/h2-8,14,19H,1H3,(H2,18,20). The van der Waals surface area contributed by atoms with Crippen LogP contribution in [0.4, 0.5) is 14.5 Å². The number of anilines is 1. The predicted molar refractivity (Wildman–Crippen MR) is 73.1 cm³/mol. The van der Waals surface area contributed by atoms with Gasteiger partial charge >= 0.3 is 0 Å². The fourth-order valence-electron chi connectivity index (χ4n) is 1.92. The molecule has 0 aliphatic carbocycles. The lowest BCUT2D eigenvalue weighted by atomic mass is 10.0. The number of nitrogens with two attached hydrogens (primary N) is 1. The van der Waals surface area contributed by atoms with E-state index in [2.05, 4.69) is 5.32 Å². The first-order valence-electron chi connectivity index (χ1n) is 6.05. The normalized spacial score (nSPS) is 11.9. The third-order valence-electron chi connectivity index (χ3n) is 2.92. The molecule has 0 heterocycles. The highest BCUT2D eigenvalue weighted by atomic mass is 19.1. The molecule has 0 aliphatic rings. The van der Waals surface area contributed by atoms with Crippen LogP contribution in [0, 0.1) is 18.6 Å². The Labute approximate surface area is 115 Å². The lowest BCUT2D eigenvalue weighted by Gasteiger charge is -2.18. The Kier molecular flexibility index (Phi) is 3.98. The summed E-state index contributed by atoms with van der Waals surface area (Å²) in [6, 6.07) is 9.05. The summed E-state index contributed by atoms with van der Waals surface area (Å²) >= 11 is 0. The number of hydrogen-bond donors (Lipinski definition) is 2. The van der Waals surface area contributed by atoms with Crippen molar-refractivity contribution in [3.63, 3.8) is 0 Å². The monoisotopic (exact) mass is 276 g/mol. The second-order valence-corrected chi connectivity index (χ2v) is 4.48. The van der Waals surface area contributed by atoms with Crippen molar-refractivity contribution in [2.75, 3.05) is 5.32 Å². The lowest BCUT2D eigenvalue weighted by molar-refractivity contribution is -0.118. The molecule has 0 aromatic heterocycles. The molecule has 0 fully saturated rings. The predicted octanol–water partition coefficient (Wildman–Crippen LogP) is 2.91. The Morgan fingerprint density at radius 3 is 2.50 bits per heavy atom. The van der Waals surface area contributed by atoms with Crippen LogP contribution >= 0.6 is 0 Å². The maximum atomic E-state index is 13.8. The van der Waals surface area contributed by atoms with E-state index in [9.17, 15) is 13.6 Å². The minimum Gasteiger partial charge on any atom is -0.368 e. The van der Waals surface area contributed by atoms with Crippen LogP contribution in [0.1, 0.15) is 17.2 Å². The number of amides is 1. The van der Waals surface area contributed by atoms with Crippen molar-refractivity contribution in [1.29, 1.82) is 0 Å². The van der Waals surface area contributed by atoms with Crippen molar-refractivity contribution in [3.05, 3.63) is 65.2 Å². The molecule has 0 spiro atoms. The second-order valence-electron chi connectivity index (χ2n) is 4.48. The van der Waals surface area contributed by atoms with Crippen LogP contribution in [0.3, 0.4) is 0 Å². The van der Waals surface area contributed by atoms with Crippen molar-refractivity contribution in [1.82, 2.24) is 0 Å². The Morgan fingerprint density at radius 2 is 1.85 bits per heavy atom. The molecule has 0 radical (unpaired) electrons. The first-order chi connectivity index (χ1) is 9.49. The summed E-state index contributed by atoms with van der Waals surface area (Å²) in [6.07, 6.45) is 0. The summed E-state index contributed by atoms with van der Waals surface area (Å²) < 4.78 is 27.4. The van der Waals surface area contributed by atoms with Crippen LogP contribution in [0.5, 0.6) is 0 Å². The van der Waals surface area contributed by atoms with Gasteiger partial charge in [-0.25, -0.2) is 8.78 Å². The Hall–Kier alpha value is -2.43. The average molecular weight is 276 g/mol. The quantitative estimate of drug-likeness (QED) is 0.902. The Morgan fingerprint density at radius 1 is 1.15 bits per heavy atom. The largest absolute Gasteiger partial charge is 0.368 e. The minimum absolute atomic E-state index is 0.0946. The molecule has 2 aromatic rings. The summed E-state index contributed by atoms with van der Waals surface area (Å²) in [5.41, 5.74) is 6.27. The first kappa shape index (κ1) is 14.0. The number of primary amides is 1. The van der Waals surface area contributed by atoms with Crippen LogP contribution < -0.4 is 11.1 Å². The molecule has 104 valence electrons. The van der Waals surface area contributed by atoms with E-state index in [4.69, 9.17) is 5.73 Å². The molecular formula is C15H14F2N2O. The van der Waals surface area contributed by atoms with E-state index in [0.717, 1.165) is 5.56 Å². The Balaban J connectivity index is 2.40.